The van der Waals surface area contributed by atoms with Crippen molar-refractivity contribution in [1.29, 1.82) is 0 Å². The molecule has 1 aromatic rings. The van der Waals surface area contributed by atoms with Crippen molar-refractivity contribution in [3.8, 4) is 0 Å². The molecule has 7 nitrogen and oxygen atoms in total. The van der Waals surface area contributed by atoms with E-state index in [0.29, 0.717) is 17.5 Å². The molecule has 1 aromatic carbocycles. The van der Waals surface area contributed by atoms with Crippen molar-refractivity contribution in [2.75, 3.05) is 44.3 Å². The van der Waals surface area contributed by atoms with Crippen molar-refractivity contribution in [2.24, 2.45) is 10.9 Å². The van der Waals surface area contributed by atoms with Gasteiger partial charge in [0.15, 0.2) is 0 Å². The Bertz CT molecular complexity index is 974. The summed E-state index contributed by atoms with van der Waals surface area (Å²) in [5.74, 6) is -0.286. The highest BCUT2D eigenvalue weighted by molar-refractivity contribution is 6.06. The molecular formula is C26H36N4O3. The lowest BCUT2D eigenvalue weighted by molar-refractivity contribution is -0.120. The fraction of sp³-hybridized carbons (Fsp3) is 0.577. The molecule has 3 aliphatic rings. The molecule has 7 heteroatoms. The first-order valence-corrected chi connectivity index (χ1v) is 12.1. The molecule has 1 unspecified atom stereocenters. The fourth-order valence-electron chi connectivity index (χ4n) is 5.08. The molecule has 4 rings (SSSR count). The zero-order chi connectivity index (χ0) is 23.5. The van der Waals surface area contributed by atoms with E-state index < -0.39 is 5.92 Å². The van der Waals surface area contributed by atoms with E-state index >= 15 is 0 Å². The number of hydrogen-bond acceptors (Lipinski definition) is 5. The van der Waals surface area contributed by atoms with Crippen LogP contribution in [0.25, 0.3) is 0 Å². The Balaban J connectivity index is 1.60. The van der Waals surface area contributed by atoms with Crippen LogP contribution in [-0.2, 0) is 9.53 Å². The number of carbonyl (C=O) groups is 2. The van der Waals surface area contributed by atoms with E-state index in [-0.39, 0.29) is 18.4 Å². The molecule has 0 bridgehead atoms. The Morgan fingerprint density at radius 2 is 1.94 bits per heavy atom. The summed E-state index contributed by atoms with van der Waals surface area (Å²) in [4.78, 5) is 32.3. The molecule has 2 saturated heterocycles. The van der Waals surface area contributed by atoms with Crippen LogP contribution in [0.15, 0.2) is 28.8 Å². The highest BCUT2D eigenvalue weighted by atomic mass is 16.5. The summed E-state index contributed by atoms with van der Waals surface area (Å²) in [5.41, 5.74) is 5.70. The third-order valence-electron chi connectivity index (χ3n) is 7.22. The van der Waals surface area contributed by atoms with E-state index in [1.165, 1.54) is 5.56 Å². The van der Waals surface area contributed by atoms with Crippen LogP contribution in [0, 0.1) is 12.8 Å². The topological polar surface area (TPSA) is 83.0 Å². The van der Waals surface area contributed by atoms with Crippen LogP contribution in [0.1, 0.15) is 61.0 Å². The molecule has 2 amide bonds. The normalized spacial score (nSPS) is 21.8. The van der Waals surface area contributed by atoms with Gasteiger partial charge in [-0.05, 0) is 69.9 Å². The largest absolute Gasteiger partial charge is 0.381 e. The van der Waals surface area contributed by atoms with Gasteiger partial charge in [-0.2, -0.15) is 0 Å². The lowest BCUT2D eigenvalue weighted by Crippen LogP contribution is -2.42. The van der Waals surface area contributed by atoms with Crippen LogP contribution in [0.5, 0.6) is 0 Å². The van der Waals surface area contributed by atoms with E-state index in [1.807, 2.05) is 32.9 Å². The van der Waals surface area contributed by atoms with Gasteiger partial charge in [-0.3, -0.25) is 9.59 Å². The highest BCUT2D eigenvalue weighted by Crippen LogP contribution is 2.33. The summed E-state index contributed by atoms with van der Waals surface area (Å²) in [7, 11) is 0. The average molecular weight is 453 g/mol. The van der Waals surface area contributed by atoms with Crippen LogP contribution in [0.3, 0.4) is 0 Å². The quantitative estimate of drug-likeness (QED) is 0.665. The number of allylic oxidation sites excluding steroid dienone is 1. The minimum absolute atomic E-state index is 0.127. The standard InChI is InChI=1S/C26H36N4O3/c1-5-30(21-6-8-33-9-7-21)24-12-19(20-13-27-14-20)11-22(18(24)4)25(31)28-15-23-16(2)10-17(3)29-26(23)32/h10-12,20-21,23,27H,5-9,13-15H2,1-4H3,(H,28,31). The van der Waals surface area contributed by atoms with Gasteiger partial charge in [-0.25, -0.2) is 4.99 Å². The molecule has 0 aliphatic carbocycles. The maximum atomic E-state index is 13.4. The Kier molecular flexibility index (Phi) is 7.29. The fourth-order valence-corrected chi connectivity index (χ4v) is 5.08. The Labute approximate surface area is 196 Å². The molecule has 3 aliphatic heterocycles. The van der Waals surface area contributed by atoms with Gasteiger partial charge in [-0.1, -0.05) is 5.57 Å². The van der Waals surface area contributed by atoms with E-state index in [0.717, 1.165) is 68.2 Å². The summed E-state index contributed by atoms with van der Waals surface area (Å²) in [6, 6.07) is 4.75. The van der Waals surface area contributed by atoms with Crippen LogP contribution < -0.4 is 15.5 Å². The molecular weight excluding hydrogens is 416 g/mol. The van der Waals surface area contributed by atoms with Gasteiger partial charge in [0, 0.05) is 68.3 Å². The minimum Gasteiger partial charge on any atom is -0.381 e. The van der Waals surface area contributed by atoms with Crippen molar-refractivity contribution in [1.82, 2.24) is 10.6 Å². The first-order valence-electron chi connectivity index (χ1n) is 12.1. The predicted molar refractivity (Wildman–Crippen MR) is 131 cm³/mol. The molecule has 0 saturated carbocycles. The Morgan fingerprint density at radius 1 is 1.21 bits per heavy atom. The first-order chi connectivity index (χ1) is 15.9. The number of nitrogens with zero attached hydrogens (tertiary/aromatic N) is 2. The average Bonchev–Trinajstić information content (AvgIpc) is 2.74. The second kappa shape index (κ2) is 10.2. The third-order valence-corrected chi connectivity index (χ3v) is 7.22. The third kappa shape index (κ3) is 5.04. The lowest BCUT2D eigenvalue weighted by atomic mass is 9.89. The number of hydrogen-bond donors (Lipinski definition) is 2. The zero-order valence-electron chi connectivity index (χ0n) is 20.2. The molecule has 1 atom stereocenters. The monoisotopic (exact) mass is 452 g/mol. The van der Waals surface area contributed by atoms with E-state index in [1.54, 1.807) is 0 Å². The van der Waals surface area contributed by atoms with Crippen LogP contribution in [-0.4, -0.2) is 63.0 Å². The number of nitrogens with one attached hydrogen (secondary N) is 2. The second-order valence-corrected chi connectivity index (χ2v) is 9.44. The number of rotatable bonds is 7. The number of amides is 2. The number of dihydropyridines is 1. The number of anilines is 1. The molecule has 0 aromatic heterocycles. The smallest absolute Gasteiger partial charge is 0.254 e. The second-order valence-electron chi connectivity index (χ2n) is 9.44. The molecule has 3 heterocycles. The van der Waals surface area contributed by atoms with E-state index in [2.05, 4.69) is 33.5 Å². The summed E-state index contributed by atoms with van der Waals surface area (Å²) < 4.78 is 5.58. The minimum atomic E-state index is -0.397. The van der Waals surface area contributed by atoms with E-state index in [9.17, 15) is 9.59 Å². The van der Waals surface area contributed by atoms with Crippen molar-refractivity contribution in [3.63, 3.8) is 0 Å². The molecule has 2 fully saturated rings. The molecule has 33 heavy (non-hydrogen) atoms. The van der Waals surface area contributed by atoms with Crippen molar-refractivity contribution in [2.45, 2.75) is 52.5 Å². The summed E-state index contributed by atoms with van der Waals surface area (Å²) in [5, 5.41) is 6.37. The molecule has 0 spiro atoms. The van der Waals surface area contributed by atoms with Gasteiger partial charge in [-0.15, -0.1) is 0 Å². The van der Waals surface area contributed by atoms with Crippen LogP contribution in [0.2, 0.25) is 0 Å². The SMILES string of the molecule is CCN(c1cc(C2CNC2)cc(C(=O)NCC2C(=O)N=C(C)C=C2C)c1C)C1CCOCC1. The number of carbonyl (C=O) groups excluding carboxylic acids is 2. The number of ether oxygens (including phenoxy) is 1. The van der Waals surface area contributed by atoms with Crippen LogP contribution in [0.4, 0.5) is 5.69 Å². The Morgan fingerprint density at radius 3 is 2.55 bits per heavy atom. The van der Waals surface area contributed by atoms with Gasteiger partial charge in [0.05, 0.1) is 5.92 Å². The summed E-state index contributed by atoms with van der Waals surface area (Å²) >= 11 is 0. The highest BCUT2D eigenvalue weighted by Gasteiger charge is 2.29. The van der Waals surface area contributed by atoms with Crippen LogP contribution >= 0.6 is 0 Å². The van der Waals surface area contributed by atoms with Crippen molar-refractivity contribution >= 4 is 23.2 Å². The molecule has 2 N–H and O–H groups in total. The maximum Gasteiger partial charge on any atom is 0.254 e. The summed E-state index contributed by atoms with van der Waals surface area (Å²) in [6.45, 7) is 12.5. The zero-order valence-corrected chi connectivity index (χ0v) is 20.2. The van der Waals surface area contributed by atoms with Gasteiger partial charge in [0.25, 0.3) is 11.8 Å². The Hall–Kier alpha value is -2.51. The van der Waals surface area contributed by atoms with Gasteiger partial charge in [0.2, 0.25) is 0 Å². The first kappa shape index (κ1) is 23.6. The van der Waals surface area contributed by atoms with Crippen molar-refractivity contribution < 1.29 is 14.3 Å². The summed E-state index contributed by atoms with van der Waals surface area (Å²) in [6.07, 6.45) is 3.91. The lowest BCUT2D eigenvalue weighted by Gasteiger charge is -2.38. The molecule has 178 valence electrons. The maximum absolute atomic E-state index is 13.4. The van der Waals surface area contributed by atoms with Crippen molar-refractivity contribution in [3.05, 3.63) is 40.5 Å². The van der Waals surface area contributed by atoms with Gasteiger partial charge in [0.1, 0.15) is 0 Å². The molecule has 0 radical (unpaired) electrons. The van der Waals surface area contributed by atoms with E-state index in [4.69, 9.17) is 4.74 Å². The van der Waals surface area contributed by atoms with Gasteiger partial charge < -0.3 is 20.3 Å². The van der Waals surface area contributed by atoms with Gasteiger partial charge >= 0.3 is 0 Å². The number of benzene rings is 1. The number of aliphatic imine (C=N–C) groups is 1. The predicted octanol–water partition coefficient (Wildman–Crippen LogP) is 2.98.